The molecule has 3 N–H and O–H groups in total. The number of nitrogens with one attached hydrogen (secondary N) is 2. The fraction of sp³-hybridized carbons (Fsp3) is 0.364. The maximum atomic E-state index is 13.3. The standard InChI is InChI=1S/C33H37N3O5/c1-22-19-36(20-23-9-3-2-4-10-23)18-17-29(22)34-32(39)30(15-16-31(37)38)35-33(40)41-21-28-26-13-7-5-11-24(26)25-12-6-8-14-27(25)28/h2-14,22,28-30H,15-21H2,1H3,(H,34,39)(H,35,40)(H,37,38). The van der Waals surface area contributed by atoms with Crippen molar-refractivity contribution in [1.29, 1.82) is 0 Å². The van der Waals surface area contributed by atoms with Crippen LogP contribution in [0.3, 0.4) is 0 Å². The second-order valence-corrected chi connectivity index (χ2v) is 11.1. The highest BCUT2D eigenvalue weighted by molar-refractivity contribution is 5.86. The first-order valence-electron chi connectivity index (χ1n) is 14.3. The molecule has 2 amide bonds. The van der Waals surface area contributed by atoms with Crippen LogP contribution >= 0.6 is 0 Å². The van der Waals surface area contributed by atoms with Gasteiger partial charge in [0.05, 0.1) is 0 Å². The Morgan fingerprint density at radius 2 is 1.59 bits per heavy atom. The summed E-state index contributed by atoms with van der Waals surface area (Å²) >= 11 is 0. The van der Waals surface area contributed by atoms with Crippen LogP contribution < -0.4 is 10.6 Å². The number of aliphatic carboxylic acids is 1. The van der Waals surface area contributed by atoms with Crippen molar-refractivity contribution in [2.45, 2.75) is 50.7 Å². The zero-order valence-electron chi connectivity index (χ0n) is 23.3. The summed E-state index contributed by atoms with van der Waals surface area (Å²) in [6, 6.07) is 25.4. The number of amides is 2. The molecule has 0 spiro atoms. The minimum absolute atomic E-state index is 0.0212. The van der Waals surface area contributed by atoms with E-state index in [1.54, 1.807) is 0 Å². The van der Waals surface area contributed by atoms with Gasteiger partial charge < -0.3 is 20.5 Å². The van der Waals surface area contributed by atoms with E-state index >= 15 is 0 Å². The molecule has 3 unspecified atom stereocenters. The summed E-state index contributed by atoms with van der Waals surface area (Å²) in [6.45, 7) is 4.75. The molecule has 3 atom stereocenters. The number of carboxylic acids is 1. The van der Waals surface area contributed by atoms with E-state index in [1.807, 2.05) is 54.6 Å². The molecule has 1 aliphatic carbocycles. The summed E-state index contributed by atoms with van der Waals surface area (Å²) in [5, 5.41) is 15.0. The van der Waals surface area contributed by atoms with E-state index in [0.29, 0.717) is 0 Å². The number of carbonyl (C=O) groups is 3. The molecule has 1 heterocycles. The molecular weight excluding hydrogens is 518 g/mol. The summed E-state index contributed by atoms with van der Waals surface area (Å²) < 4.78 is 5.62. The Morgan fingerprint density at radius 3 is 2.22 bits per heavy atom. The lowest BCUT2D eigenvalue weighted by atomic mass is 9.93. The van der Waals surface area contributed by atoms with Gasteiger partial charge in [-0.15, -0.1) is 0 Å². The summed E-state index contributed by atoms with van der Waals surface area (Å²) in [7, 11) is 0. The monoisotopic (exact) mass is 555 g/mol. The van der Waals surface area contributed by atoms with Gasteiger partial charge in [-0.25, -0.2) is 4.79 Å². The van der Waals surface area contributed by atoms with E-state index in [-0.39, 0.29) is 43.2 Å². The van der Waals surface area contributed by atoms with Gasteiger partial charge in [-0.3, -0.25) is 14.5 Å². The Kier molecular flexibility index (Phi) is 8.99. The number of benzene rings is 3. The Bertz CT molecular complexity index is 1330. The van der Waals surface area contributed by atoms with Crippen LogP contribution in [-0.4, -0.2) is 59.8 Å². The maximum absolute atomic E-state index is 13.3. The van der Waals surface area contributed by atoms with Crippen LogP contribution in [0.1, 0.15) is 48.8 Å². The Labute approximate surface area is 240 Å². The van der Waals surface area contributed by atoms with Gasteiger partial charge in [0, 0.05) is 38.0 Å². The fourth-order valence-electron chi connectivity index (χ4n) is 6.03. The number of fused-ring (bicyclic) bond motifs is 3. The van der Waals surface area contributed by atoms with E-state index in [0.717, 1.165) is 48.3 Å². The number of hydrogen-bond acceptors (Lipinski definition) is 5. The molecule has 0 bridgehead atoms. The van der Waals surface area contributed by atoms with Gasteiger partial charge in [-0.1, -0.05) is 85.8 Å². The van der Waals surface area contributed by atoms with Crippen molar-refractivity contribution >= 4 is 18.0 Å². The fourth-order valence-corrected chi connectivity index (χ4v) is 6.03. The highest BCUT2D eigenvalue weighted by Crippen LogP contribution is 2.44. The van der Waals surface area contributed by atoms with Crippen molar-refractivity contribution in [2.75, 3.05) is 19.7 Å². The largest absolute Gasteiger partial charge is 0.481 e. The van der Waals surface area contributed by atoms with Crippen LogP contribution in [0, 0.1) is 5.92 Å². The molecule has 3 aromatic rings. The lowest BCUT2D eigenvalue weighted by Crippen LogP contribution is -2.55. The normalized spacial score (nSPS) is 19.0. The van der Waals surface area contributed by atoms with E-state index in [1.165, 1.54) is 5.56 Å². The highest BCUT2D eigenvalue weighted by Gasteiger charge is 2.32. The summed E-state index contributed by atoms with van der Waals surface area (Å²) in [5.41, 5.74) is 5.69. The SMILES string of the molecule is CC1CN(Cc2ccccc2)CCC1NC(=O)C(CCC(=O)O)NC(=O)OCC1c2ccccc2-c2ccccc21. The van der Waals surface area contributed by atoms with Gasteiger partial charge in [-0.2, -0.15) is 0 Å². The molecule has 2 aliphatic rings. The topological polar surface area (TPSA) is 108 Å². The first-order chi connectivity index (χ1) is 19.9. The molecule has 41 heavy (non-hydrogen) atoms. The predicted molar refractivity (Wildman–Crippen MR) is 156 cm³/mol. The van der Waals surface area contributed by atoms with Crippen molar-refractivity contribution in [3.8, 4) is 11.1 Å². The third kappa shape index (κ3) is 6.95. The van der Waals surface area contributed by atoms with Crippen LogP contribution in [0.4, 0.5) is 4.79 Å². The number of likely N-dealkylation sites (tertiary alicyclic amines) is 1. The first kappa shape index (κ1) is 28.4. The number of carbonyl (C=O) groups excluding carboxylic acids is 2. The lowest BCUT2D eigenvalue weighted by molar-refractivity contribution is -0.137. The van der Waals surface area contributed by atoms with Crippen LogP contribution in [0.15, 0.2) is 78.9 Å². The number of hydrogen-bond donors (Lipinski definition) is 3. The Hall–Kier alpha value is -4.17. The summed E-state index contributed by atoms with van der Waals surface area (Å²) in [5.74, 6) is -1.32. The van der Waals surface area contributed by atoms with Crippen molar-refractivity contribution in [1.82, 2.24) is 15.5 Å². The number of ether oxygens (including phenoxy) is 1. The van der Waals surface area contributed by atoms with Crippen molar-refractivity contribution in [3.63, 3.8) is 0 Å². The van der Waals surface area contributed by atoms with Crippen molar-refractivity contribution in [3.05, 3.63) is 95.6 Å². The second kappa shape index (κ2) is 13.0. The number of alkyl carbamates (subject to hydrolysis) is 1. The molecular formula is C33H37N3O5. The van der Waals surface area contributed by atoms with Crippen LogP contribution in [0.5, 0.6) is 0 Å². The molecule has 8 nitrogen and oxygen atoms in total. The molecule has 5 rings (SSSR count). The van der Waals surface area contributed by atoms with Crippen molar-refractivity contribution in [2.24, 2.45) is 5.92 Å². The molecule has 0 aromatic heterocycles. The van der Waals surface area contributed by atoms with Gasteiger partial charge in [0.2, 0.25) is 5.91 Å². The smallest absolute Gasteiger partial charge is 0.407 e. The highest BCUT2D eigenvalue weighted by atomic mass is 16.5. The molecule has 0 saturated carbocycles. The average molecular weight is 556 g/mol. The quantitative estimate of drug-likeness (QED) is 0.332. The van der Waals surface area contributed by atoms with Gasteiger partial charge in [0.25, 0.3) is 0 Å². The third-order valence-electron chi connectivity index (χ3n) is 8.17. The number of carboxylic acid groups (broad SMARTS) is 1. The number of rotatable bonds is 10. The minimum Gasteiger partial charge on any atom is -0.481 e. The molecule has 3 aromatic carbocycles. The number of piperidine rings is 1. The maximum Gasteiger partial charge on any atom is 0.407 e. The first-order valence-corrected chi connectivity index (χ1v) is 14.3. The summed E-state index contributed by atoms with van der Waals surface area (Å²) in [6.07, 6.45) is -0.224. The van der Waals surface area contributed by atoms with E-state index in [2.05, 4.69) is 46.7 Å². The van der Waals surface area contributed by atoms with Gasteiger partial charge in [0.1, 0.15) is 12.6 Å². The second-order valence-electron chi connectivity index (χ2n) is 11.1. The molecule has 0 radical (unpaired) electrons. The van der Waals surface area contributed by atoms with Crippen molar-refractivity contribution < 1.29 is 24.2 Å². The molecule has 214 valence electrons. The van der Waals surface area contributed by atoms with Gasteiger partial charge in [-0.05, 0) is 46.6 Å². The van der Waals surface area contributed by atoms with E-state index < -0.39 is 18.1 Å². The average Bonchev–Trinajstić information content (AvgIpc) is 3.29. The molecule has 1 saturated heterocycles. The van der Waals surface area contributed by atoms with Gasteiger partial charge >= 0.3 is 12.1 Å². The van der Waals surface area contributed by atoms with E-state index in [4.69, 9.17) is 4.74 Å². The van der Waals surface area contributed by atoms with E-state index in [9.17, 15) is 19.5 Å². The lowest BCUT2D eigenvalue weighted by Gasteiger charge is -2.38. The molecule has 1 fully saturated rings. The zero-order valence-corrected chi connectivity index (χ0v) is 23.3. The third-order valence-corrected chi connectivity index (χ3v) is 8.17. The Balaban J connectivity index is 1.17. The molecule has 1 aliphatic heterocycles. The van der Waals surface area contributed by atoms with Crippen LogP contribution in [0.2, 0.25) is 0 Å². The van der Waals surface area contributed by atoms with Crippen LogP contribution in [-0.2, 0) is 20.9 Å². The minimum atomic E-state index is -1.03. The van der Waals surface area contributed by atoms with Crippen LogP contribution in [0.25, 0.3) is 11.1 Å². The molecule has 8 heteroatoms. The summed E-state index contributed by atoms with van der Waals surface area (Å²) in [4.78, 5) is 39.8. The van der Waals surface area contributed by atoms with Gasteiger partial charge in [0.15, 0.2) is 0 Å². The number of nitrogens with zero attached hydrogens (tertiary/aromatic N) is 1. The zero-order chi connectivity index (χ0) is 28.8. The Morgan fingerprint density at radius 1 is 0.951 bits per heavy atom. The predicted octanol–water partition coefficient (Wildman–Crippen LogP) is 4.79.